The Morgan fingerprint density at radius 3 is 2.33 bits per heavy atom. The number of sulfonamides is 1. The van der Waals surface area contributed by atoms with Gasteiger partial charge in [0.15, 0.2) is 0 Å². The third-order valence-corrected chi connectivity index (χ3v) is 5.79. The van der Waals surface area contributed by atoms with Crippen molar-refractivity contribution in [2.45, 2.75) is 18.6 Å². The molecule has 0 amide bonds. The number of halogens is 3. The van der Waals surface area contributed by atoms with Crippen molar-refractivity contribution in [1.29, 1.82) is 0 Å². The molecule has 1 aliphatic heterocycles. The number of ether oxygens (including phenoxy) is 1. The first-order valence-corrected chi connectivity index (χ1v) is 9.87. The van der Waals surface area contributed by atoms with Crippen LogP contribution in [0.5, 0.6) is 0 Å². The molecule has 2 rings (SSSR count). The predicted octanol–water partition coefficient (Wildman–Crippen LogP) is 2.85. The zero-order valence-electron chi connectivity index (χ0n) is 13.5. The predicted molar refractivity (Wildman–Crippen MR) is 101 cm³/mol. The minimum atomic E-state index is -3.47. The van der Waals surface area contributed by atoms with Gasteiger partial charge in [0.1, 0.15) is 0 Å². The summed E-state index contributed by atoms with van der Waals surface area (Å²) < 4.78 is 32.7. The van der Waals surface area contributed by atoms with Gasteiger partial charge in [-0.1, -0.05) is 23.2 Å². The Morgan fingerprint density at radius 2 is 1.79 bits per heavy atom. The summed E-state index contributed by atoms with van der Waals surface area (Å²) in [5, 5.41) is 4.14. The van der Waals surface area contributed by atoms with Crippen molar-refractivity contribution < 1.29 is 13.2 Å². The summed E-state index contributed by atoms with van der Waals surface area (Å²) >= 11 is 11.8. The number of rotatable bonds is 7. The molecule has 1 heterocycles. The molecule has 9 heteroatoms. The lowest BCUT2D eigenvalue weighted by atomic mass is 9.80. The quantitative estimate of drug-likeness (QED) is 0.716. The Balaban J connectivity index is 0.00000288. The van der Waals surface area contributed by atoms with Gasteiger partial charge in [0.25, 0.3) is 0 Å². The monoisotopic (exact) mass is 416 g/mol. The van der Waals surface area contributed by atoms with Crippen LogP contribution in [0.4, 0.5) is 0 Å². The maximum atomic E-state index is 12.4. The van der Waals surface area contributed by atoms with E-state index in [1.54, 1.807) is 25.3 Å². The molecule has 1 aromatic rings. The lowest BCUT2D eigenvalue weighted by Gasteiger charge is -2.37. The van der Waals surface area contributed by atoms with E-state index in [1.165, 1.54) is 0 Å². The van der Waals surface area contributed by atoms with Gasteiger partial charge in [-0.05, 0) is 49.7 Å². The lowest BCUT2D eigenvalue weighted by Crippen LogP contribution is -2.47. The summed E-state index contributed by atoms with van der Waals surface area (Å²) in [5.41, 5.74) is 0.417. The highest BCUT2D eigenvalue weighted by Crippen LogP contribution is 2.28. The molecule has 0 bridgehead atoms. The molecule has 1 fully saturated rings. The van der Waals surface area contributed by atoms with E-state index >= 15 is 0 Å². The van der Waals surface area contributed by atoms with Gasteiger partial charge < -0.3 is 10.1 Å². The topological polar surface area (TPSA) is 67.4 Å². The van der Waals surface area contributed by atoms with Crippen LogP contribution in [0.1, 0.15) is 18.4 Å². The van der Waals surface area contributed by atoms with Gasteiger partial charge in [0.2, 0.25) is 10.0 Å². The van der Waals surface area contributed by atoms with Crippen LogP contribution in [0.3, 0.4) is 0 Å². The first kappa shape index (κ1) is 22.0. The van der Waals surface area contributed by atoms with E-state index in [-0.39, 0.29) is 23.6 Å². The van der Waals surface area contributed by atoms with Gasteiger partial charge >= 0.3 is 0 Å². The van der Waals surface area contributed by atoms with E-state index < -0.39 is 10.0 Å². The molecule has 0 aliphatic carbocycles. The largest absolute Gasteiger partial charge is 0.384 e. The van der Waals surface area contributed by atoms with Crippen LogP contribution >= 0.6 is 35.6 Å². The van der Waals surface area contributed by atoms with Gasteiger partial charge in [-0.25, -0.2) is 13.1 Å². The summed E-state index contributed by atoms with van der Waals surface area (Å²) in [4.78, 5) is 0. The van der Waals surface area contributed by atoms with Crippen LogP contribution in [0.15, 0.2) is 18.2 Å². The Hall–Kier alpha value is -0.0800. The second kappa shape index (κ2) is 9.57. The smallest absolute Gasteiger partial charge is 0.215 e. The summed E-state index contributed by atoms with van der Waals surface area (Å²) in [6.07, 6.45) is 1.76. The molecule has 138 valence electrons. The maximum absolute atomic E-state index is 12.4. The molecule has 0 atom stereocenters. The fourth-order valence-corrected chi connectivity index (χ4v) is 4.67. The van der Waals surface area contributed by atoms with Crippen molar-refractivity contribution in [3.63, 3.8) is 0 Å². The summed E-state index contributed by atoms with van der Waals surface area (Å²) in [6, 6.07) is 4.81. The second-order valence-electron chi connectivity index (χ2n) is 6.04. The van der Waals surface area contributed by atoms with Crippen LogP contribution in [0, 0.1) is 5.41 Å². The van der Waals surface area contributed by atoms with Gasteiger partial charge in [-0.2, -0.15) is 0 Å². The average molecular weight is 418 g/mol. The van der Waals surface area contributed by atoms with Gasteiger partial charge in [0.05, 0.1) is 12.4 Å². The highest BCUT2D eigenvalue weighted by atomic mass is 35.5. The summed E-state index contributed by atoms with van der Waals surface area (Å²) in [5.74, 6) is -0.144. The molecule has 1 saturated heterocycles. The fourth-order valence-electron chi connectivity index (χ4n) is 2.86. The summed E-state index contributed by atoms with van der Waals surface area (Å²) in [7, 11) is -1.82. The normalized spacial score (nSPS) is 17.3. The first-order valence-electron chi connectivity index (χ1n) is 7.46. The number of nitrogens with one attached hydrogen (secondary N) is 2. The molecule has 5 nitrogen and oxygen atoms in total. The number of piperidine rings is 1. The van der Waals surface area contributed by atoms with Crippen molar-refractivity contribution in [2.24, 2.45) is 5.41 Å². The standard InChI is InChI=1S/C15H22Cl2N2O3S.ClH/c1-22-11-15(2-4-18-5-3-15)10-19-23(20,21)9-12-6-13(16)8-14(17)7-12;/h6-8,18-19H,2-5,9-11H2,1H3;1H. The molecular formula is C15H23Cl3N2O3S. The van der Waals surface area contributed by atoms with Crippen LogP contribution < -0.4 is 10.0 Å². The molecule has 0 aromatic heterocycles. The van der Waals surface area contributed by atoms with E-state index in [1.807, 2.05) is 0 Å². The van der Waals surface area contributed by atoms with Crippen molar-refractivity contribution in [3.8, 4) is 0 Å². The number of benzene rings is 1. The third kappa shape index (κ3) is 6.67. The average Bonchev–Trinajstić information content (AvgIpc) is 2.45. The second-order valence-corrected chi connectivity index (χ2v) is 8.72. The summed E-state index contributed by atoms with van der Waals surface area (Å²) in [6.45, 7) is 2.66. The zero-order valence-corrected chi connectivity index (χ0v) is 16.6. The van der Waals surface area contributed by atoms with Crippen LogP contribution in [-0.4, -0.2) is 41.8 Å². The van der Waals surface area contributed by atoms with E-state index in [4.69, 9.17) is 27.9 Å². The first-order chi connectivity index (χ1) is 10.8. The van der Waals surface area contributed by atoms with Gasteiger partial charge in [-0.15, -0.1) is 12.4 Å². The molecule has 24 heavy (non-hydrogen) atoms. The van der Waals surface area contributed by atoms with Crippen LogP contribution in [-0.2, 0) is 20.5 Å². The SMILES string of the molecule is COCC1(CNS(=O)(=O)Cc2cc(Cl)cc(Cl)c2)CCNCC1.Cl. The molecule has 0 unspecified atom stereocenters. The fraction of sp³-hybridized carbons (Fsp3) is 0.600. The molecule has 0 saturated carbocycles. The van der Waals surface area contributed by atoms with Crippen LogP contribution in [0.2, 0.25) is 10.0 Å². The van der Waals surface area contributed by atoms with Crippen molar-refractivity contribution in [2.75, 3.05) is 33.4 Å². The minimum Gasteiger partial charge on any atom is -0.384 e. The third-order valence-electron chi connectivity index (χ3n) is 4.06. The Morgan fingerprint density at radius 1 is 1.21 bits per heavy atom. The number of hydrogen-bond acceptors (Lipinski definition) is 4. The van der Waals surface area contributed by atoms with E-state index in [9.17, 15) is 8.42 Å². The van der Waals surface area contributed by atoms with Crippen molar-refractivity contribution in [3.05, 3.63) is 33.8 Å². The highest BCUT2D eigenvalue weighted by Gasteiger charge is 2.33. The Kier molecular flexibility index (Phi) is 8.76. The van der Waals surface area contributed by atoms with Gasteiger partial charge in [-0.3, -0.25) is 0 Å². The van der Waals surface area contributed by atoms with Crippen LogP contribution in [0.25, 0.3) is 0 Å². The minimum absolute atomic E-state index is 0. The van der Waals surface area contributed by atoms with Crippen molar-refractivity contribution >= 4 is 45.6 Å². The van der Waals surface area contributed by atoms with E-state index in [2.05, 4.69) is 10.0 Å². The molecular weight excluding hydrogens is 395 g/mol. The Bertz CT molecular complexity index is 609. The zero-order chi connectivity index (χ0) is 16.9. The highest BCUT2D eigenvalue weighted by molar-refractivity contribution is 7.88. The molecule has 1 aliphatic rings. The lowest BCUT2D eigenvalue weighted by molar-refractivity contribution is 0.0577. The molecule has 2 N–H and O–H groups in total. The van der Waals surface area contributed by atoms with E-state index in [0.29, 0.717) is 28.8 Å². The molecule has 0 spiro atoms. The maximum Gasteiger partial charge on any atom is 0.215 e. The van der Waals surface area contributed by atoms with E-state index in [0.717, 1.165) is 25.9 Å². The van der Waals surface area contributed by atoms with Crippen molar-refractivity contribution in [1.82, 2.24) is 10.0 Å². The molecule has 1 aromatic carbocycles. The van der Waals surface area contributed by atoms with Gasteiger partial charge in [0, 0.05) is 29.1 Å². The molecule has 0 radical (unpaired) electrons. The number of methoxy groups -OCH3 is 1. The Labute approximate surface area is 159 Å². The number of hydrogen-bond donors (Lipinski definition) is 2.